The van der Waals surface area contributed by atoms with Gasteiger partial charge in [-0.1, -0.05) is 6.92 Å². The van der Waals surface area contributed by atoms with Crippen molar-refractivity contribution in [1.29, 1.82) is 0 Å². The van der Waals surface area contributed by atoms with Gasteiger partial charge in [-0.15, -0.1) is 0 Å². The summed E-state index contributed by atoms with van der Waals surface area (Å²) in [5.41, 5.74) is 1.99. The van der Waals surface area contributed by atoms with E-state index in [1.165, 1.54) is 0 Å². The maximum atomic E-state index is 12.8. The molecule has 3 atom stereocenters. The fourth-order valence-corrected chi connectivity index (χ4v) is 7.57. The highest BCUT2D eigenvalue weighted by Crippen LogP contribution is 2.73. The molecule has 0 spiro atoms. The Morgan fingerprint density at radius 1 is 1.21 bits per heavy atom. The molecule has 1 aliphatic heterocycles. The molecule has 4 aliphatic carbocycles. The maximum absolute atomic E-state index is 12.8. The number of halogens is 3. The number of hydrogen-bond donors (Lipinski definition) is 2. The van der Waals surface area contributed by atoms with Crippen molar-refractivity contribution in [3.05, 3.63) is 24.4 Å². The Balaban J connectivity index is 1.00. The molecule has 0 unspecified atom stereocenters. The molecule has 2 bridgehead atoms. The van der Waals surface area contributed by atoms with Crippen LogP contribution in [0.1, 0.15) is 45.4 Å². The van der Waals surface area contributed by atoms with Crippen LogP contribution in [0.5, 0.6) is 5.75 Å². The van der Waals surface area contributed by atoms with Gasteiger partial charge in [-0.2, -0.15) is 13.2 Å². The predicted molar refractivity (Wildman–Crippen MR) is 124 cm³/mol. The van der Waals surface area contributed by atoms with E-state index in [4.69, 9.17) is 4.74 Å². The number of H-pyrrole nitrogens is 1. The van der Waals surface area contributed by atoms with Crippen molar-refractivity contribution < 1.29 is 22.7 Å². The first kappa shape index (κ1) is 22.3. The van der Waals surface area contributed by atoms with Gasteiger partial charge >= 0.3 is 6.18 Å². The number of nitrogens with zero attached hydrogens (tertiary/aromatic N) is 1. The zero-order valence-corrected chi connectivity index (χ0v) is 19.5. The quantitative estimate of drug-likeness (QED) is 0.549. The number of amides is 1. The van der Waals surface area contributed by atoms with Gasteiger partial charge < -0.3 is 15.0 Å². The van der Waals surface area contributed by atoms with Gasteiger partial charge in [0.1, 0.15) is 5.75 Å². The lowest BCUT2D eigenvalue weighted by Crippen LogP contribution is -2.65. The first-order valence-electron chi connectivity index (χ1n) is 12.4. The number of alkyl halides is 3. The van der Waals surface area contributed by atoms with E-state index in [1.807, 2.05) is 24.4 Å². The molecule has 1 saturated heterocycles. The summed E-state index contributed by atoms with van der Waals surface area (Å²) in [4.78, 5) is 17.6. The average molecular weight is 476 g/mol. The average Bonchev–Trinajstić information content (AvgIpc) is 3.37. The van der Waals surface area contributed by atoms with Gasteiger partial charge in [-0.25, -0.2) is 0 Å². The Labute approximate surface area is 197 Å². The Morgan fingerprint density at radius 3 is 2.56 bits per heavy atom. The molecule has 34 heavy (non-hydrogen) atoms. The third-order valence-corrected chi connectivity index (χ3v) is 8.80. The lowest BCUT2D eigenvalue weighted by Gasteiger charge is -2.68. The van der Waals surface area contributed by atoms with Crippen molar-refractivity contribution in [3.8, 4) is 5.75 Å². The normalized spacial score (nSPS) is 34.5. The SMILES string of the molecule is CC12CC(C(=O)Nc3c[nH]c4ccc(OCC[C@@H]5C[C@@H]6CN(CC(F)(F)F)C[C@@H]6C5)cc34)(C1)C2. The lowest BCUT2D eigenvalue weighted by atomic mass is 9.35. The predicted octanol–water partition coefficient (Wildman–Crippen LogP) is 5.59. The summed E-state index contributed by atoms with van der Waals surface area (Å²) in [6.07, 6.45) is 3.63. The Kier molecular flexibility index (Phi) is 5.00. The number of ether oxygens (including phenoxy) is 1. The van der Waals surface area contributed by atoms with Crippen LogP contribution in [0.2, 0.25) is 0 Å². The smallest absolute Gasteiger partial charge is 0.401 e. The van der Waals surface area contributed by atoms with Crippen molar-refractivity contribution in [2.45, 2.75) is 51.6 Å². The highest BCUT2D eigenvalue weighted by Gasteiger charge is 2.68. The summed E-state index contributed by atoms with van der Waals surface area (Å²) in [6, 6.07) is 5.88. The molecule has 5 aliphatic rings. The van der Waals surface area contributed by atoms with Crippen molar-refractivity contribution in [3.63, 3.8) is 0 Å². The van der Waals surface area contributed by atoms with Crippen molar-refractivity contribution >= 4 is 22.5 Å². The molecule has 1 aromatic heterocycles. The highest BCUT2D eigenvalue weighted by molar-refractivity contribution is 6.05. The second-order valence-electron chi connectivity index (χ2n) is 11.8. The van der Waals surface area contributed by atoms with Crippen LogP contribution >= 0.6 is 0 Å². The number of nitrogens with one attached hydrogen (secondary N) is 2. The summed E-state index contributed by atoms with van der Waals surface area (Å²) in [7, 11) is 0. The minimum Gasteiger partial charge on any atom is -0.494 e. The Bertz CT molecular complexity index is 1080. The van der Waals surface area contributed by atoms with Gasteiger partial charge in [-0.3, -0.25) is 9.69 Å². The zero-order chi connectivity index (χ0) is 23.7. The van der Waals surface area contributed by atoms with Crippen LogP contribution < -0.4 is 10.1 Å². The van der Waals surface area contributed by atoms with E-state index in [9.17, 15) is 18.0 Å². The molecule has 4 saturated carbocycles. The van der Waals surface area contributed by atoms with Gasteiger partial charge in [0.15, 0.2) is 0 Å². The molecule has 2 N–H and O–H groups in total. The van der Waals surface area contributed by atoms with Crippen LogP contribution in [0.4, 0.5) is 18.9 Å². The molecule has 184 valence electrons. The zero-order valence-electron chi connectivity index (χ0n) is 19.5. The molecule has 0 radical (unpaired) electrons. The molecule has 1 aromatic carbocycles. The molecule has 5 nitrogen and oxygen atoms in total. The number of benzene rings is 1. The number of fused-ring (bicyclic) bond motifs is 2. The number of likely N-dealkylation sites (tertiary alicyclic amines) is 1. The van der Waals surface area contributed by atoms with Crippen molar-refractivity contribution in [2.75, 3.05) is 31.6 Å². The minimum absolute atomic E-state index is 0.129. The third kappa shape index (κ3) is 3.97. The number of carbonyl (C=O) groups excluding carboxylic acids is 1. The first-order valence-corrected chi connectivity index (χ1v) is 12.4. The molecule has 5 fully saturated rings. The lowest BCUT2D eigenvalue weighted by molar-refractivity contribution is -0.194. The van der Waals surface area contributed by atoms with Crippen molar-refractivity contribution in [2.24, 2.45) is 28.6 Å². The molecule has 2 heterocycles. The second kappa shape index (κ2) is 7.64. The van der Waals surface area contributed by atoms with E-state index in [1.54, 1.807) is 4.90 Å². The standard InChI is InChI=1S/C26H32F3N3O2/c1-24-12-25(13-24,14-24)23(33)31-22-9-30-21-3-2-19(8-20(21)22)34-5-4-16-6-17-10-32(11-18(17)7-16)15-26(27,28)29/h2-3,8-9,16-18,30H,4-7,10-15H2,1H3,(H,31,33)/t16-,17-,18+,24?,25?. The number of aromatic nitrogens is 1. The fourth-order valence-electron chi connectivity index (χ4n) is 7.57. The highest BCUT2D eigenvalue weighted by atomic mass is 19.4. The van der Waals surface area contributed by atoms with Crippen LogP contribution in [0.25, 0.3) is 10.9 Å². The molecular formula is C26H32F3N3O2. The largest absolute Gasteiger partial charge is 0.494 e. The molecular weight excluding hydrogens is 443 g/mol. The van der Waals surface area contributed by atoms with Crippen molar-refractivity contribution in [1.82, 2.24) is 9.88 Å². The van der Waals surface area contributed by atoms with E-state index < -0.39 is 12.7 Å². The van der Waals surface area contributed by atoms with Gasteiger partial charge in [0.2, 0.25) is 5.91 Å². The van der Waals surface area contributed by atoms with Crippen LogP contribution in [0.15, 0.2) is 24.4 Å². The van der Waals surface area contributed by atoms with Crippen LogP contribution in [0.3, 0.4) is 0 Å². The monoisotopic (exact) mass is 475 g/mol. The molecule has 2 aromatic rings. The summed E-state index contributed by atoms with van der Waals surface area (Å²) in [6.45, 7) is 3.20. The van der Waals surface area contributed by atoms with Crippen LogP contribution in [-0.2, 0) is 4.79 Å². The summed E-state index contributed by atoms with van der Waals surface area (Å²) >= 11 is 0. The Hall–Kier alpha value is -2.22. The number of anilines is 1. The first-order chi connectivity index (χ1) is 16.1. The van der Waals surface area contributed by atoms with E-state index >= 15 is 0 Å². The van der Waals surface area contributed by atoms with Crippen LogP contribution in [0, 0.1) is 28.6 Å². The Morgan fingerprint density at radius 2 is 1.91 bits per heavy atom. The summed E-state index contributed by atoms with van der Waals surface area (Å²) < 4.78 is 44.0. The third-order valence-electron chi connectivity index (χ3n) is 8.80. The van der Waals surface area contributed by atoms with Crippen LogP contribution in [-0.4, -0.2) is 48.2 Å². The van der Waals surface area contributed by atoms with Gasteiger partial charge in [0.05, 0.1) is 24.3 Å². The second-order valence-corrected chi connectivity index (χ2v) is 11.8. The number of hydrogen-bond acceptors (Lipinski definition) is 3. The maximum Gasteiger partial charge on any atom is 0.401 e. The number of carbonyl (C=O) groups is 1. The topological polar surface area (TPSA) is 57.4 Å². The van der Waals surface area contributed by atoms with E-state index in [-0.39, 0.29) is 11.3 Å². The van der Waals surface area contributed by atoms with E-state index in [2.05, 4.69) is 17.2 Å². The van der Waals surface area contributed by atoms with Gasteiger partial charge in [0, 0.05) is 30.2 Å². The number of rotatable bonds is 7. The van der Waals surface area contributed by atoms with Gasteiger partial charge in [-0.05, 0) is 79.9 Å². The fraction of sp³-hybridized carbons (Fsp3) is 0.654. The van der Waals surface area contributed by atoms with E-state index in [0.717, 1.165) is 60.9 Å². The summed E-state index contributed by atoms with van der Waals surface area (Å²) in [5.74, 6) is 2.19. The van der Waals surface area contributed by atoms with E-state index in [0.29, 0.717) is 42.9 Å². The van der Waals surface area contributed by atoms with Gasteiger partial charge in [0.25, 0.3) is 0 Å². The molecule has 7 rings (SSSR count). The minimum atomic E-state index is -4.11. The number of aromatic amines is 1. The summed E-state index contributed by atoms with van der Waals surface area (Å²) in [5, 5.41) is 4.08. The molecule has 1 amide bonds. The molecule has 8 heteroatoms.